The summed E-state index contributed by atoms with van der Waals surface area (Å²) >= 11 is 6.69. The van der Waals surface area contributed by atoms with Gasteiger partial charge in [-0.25, -0.2) is 4.98 Å². The maximum absolute atomic E-state index is 13.6. The Bertz CT molecular complexity index is 1190. The predicted molar refractivity (Wildman–Crippen MR) is 139 cm³/mol. The van der Waals surface area contributed by atoms with Crippen LogP contribution in [-0.2, 0) is 14.3 Å². The number of nitrogens with zero attached hydrogens (tertiary/aromatic N) is 4. The Labute approximate surface area is 208 Å². The van der Waals surface area contributed by atoms with Crippen LogP contribution in [-0.4, -0.2) is 69.6 Å². The van der Waals surface area contributed by atoms with Crippen molar-refractivity contribution >= 4 is 51.7 Å². The largest absolute Gasteiger partial charge is 0.382 e. The molecule has 2 fully saturated rings. The molecule has 0 saturated carbocycles. The highest BCUT2D eigenvalue weighted by Gasteiger charge is 2.33. The van der Waals surface area contributed by atoms with Crippen molar-refractivity contribution in [2.75, 3.05) is 37.7 Å². The van der Waals surface area contributed by atoms with E-state index in [1.165, 1.54) is 11.8 Å². The molecule has 0 N–H and O–H groups in total. The Morgan fingerprint density at radius 3 is 2.74 bits per heavy atom. The van der Waals surface area contributed by atoms with Crippen LogP contribution in [0.4, 0.5) is 5.82 Å². The van der Waals surface area contributed by atoms with E-state index in [1.54, 1.807) is 21.6 Å². The molecule has 2 aliphatic heterocycles. The Hall–Kier alpha value is -2.27. The molecule has 1 amide bonds. The Morgan fingerprint density at radius 1 is 1.29 bits per heavy atom. The van der Waals surface area contributed by atoms with E-state index >= 15 is 0 Å². The number of fused-ring (bicyclic) bond motifs is 1. The molecule has 0 bridgehead atoms. The Balaban J connectivity index is 1.76. The van der Waals surface area contributed by atoms with Crippen LogP contribution < -0.4 is 10.5 Å². The van der Waals surface area contributed by atoms with Gasteiger partial charge in [-0.3, -0.25) is 18.9 Å². The number of anilines is 1. The van der Waals surface area contributed by atoms with Crippen LogP contribution in [0.1, 0.15) is 38.3 Å². The standard InChI is InChI=1S/C24H30N4O4S2/c1-5-31-11-7-10-28-23(30)19(34-24(28)33)12-18-21(26-13-16(3)32-17(4)14-26)25-20-15(2)8-6-9-27(20)22(18)29/h6,8-9,12,16-17H,5,7,10-11,13-14H2,1-4H3/b19-12+/t16-,17-/m0/s1. The highest BCUT2D eigenvalue weighted by molar-refractivity contribution is 8.26. The van der Waals surface area contributed by atoms with Gasteiger partial charge in [-0.1, -0.05) is 30.0 Å². The number of rotatable bonds is 7. The summed E-state index contributed by atoms with van der Waals surface area (Å²) in [5, 5.41) is 0. The number of amides is 1. The van der Waals surface area contributed by atoms with Gasteiger partial charge in [0.05, 0.1) is 22.7 Å². The lowest BCUT2D eigenvalue weighted by Crippen LogP contribution is -2.46. The van der Waals surface area contributed by atoms with Gasteiger partial charge < -0.3 is 14.4 Å². The molecule has 2 atom stereocenters. The van der Waals surface area contributed by atoms with Crippen molar-refractivity contribution in [3.05, 3.63) is 44.7 Å². The van der Waals surface area contributed by atoms with E-state index < -0.39 is 0 Å². The van der Waals surface area contributed by atoms with Crippen molar-refractivity contribution in [2.45, 2.75) is 46.3 Å². The van der Waals surface area contributed by atoms with Crippen LogP contribution in [0.3, 0.4) is 0 Å². The fourth-order valence-corrected chi connectivity index (χ4v) is 5.60. The minimum absolute atomic E-state index is 0.00253. The molecule has 8 nitrogen and oxygen atoms in total. The Morgan fingerprint density at radius 2 is 2.03 bits per heavy atom. The average molecular weight is 503 g/mol. The van der Waals surface area contributed by atoms with Gasteiger partial charge in [-0.05, 0) is 51.8 Å². The summed E-state index contributed by atoms with van der Waals surface area (Å²) in [5.41, 5.74) is 1.69. The summed E-state index contributed by atoms with van der Waals surface area (Å²) in [6.45, 7) is 10.8. The van der Waals surface area contributed by atoms with E-state index in [0.717, 1.165) is 5.56 Å². The SMILES string of the molecule is CCOCCCN1C(=O)/C(=C\c2c(N3C[C@H](C)O[C@@H](C)C3)nc3c(C)cccn3c2=O)SC1=S. The van der Waals surface area contributed by atoms with Crippen LogP contribution in [0.2, 0.25) is 0 Å². The van der Waals surface area contributed by atoms with E-state index in [2.05, 4.69) is 4.90 Å². The molecule has 4 rings (SSSR count). The molecule has 182 valence electrons. The maximum atomic E-state index is 13.6. The molecule has 2 aromatic heterocycles. The quantitative estimate of drug-likeness (QED) is 0.325. The monoisotopic (exact) mass is 502 g/mol. The van der Waals surface area contributed by atoms with E-state index in [9.17, 15) is 9.59 Å². The number of carbonyl (C=O) groups excluding carboxylic acids is 1. The van der Waals surface area contributed by atoms with Crippen LogP contribution in [0.15, 0.2) is 28.0 Å². The zero-order valence-electron chi connectivity index (χ0n) is 19.9. The first-order valence-corrected chi connectivity index (χ1v) is 12.8. The molecule has 2 aliphatic rings. The van der Waals surface area contributed by atoms with Gasteiger partial charge in [0.2, 0.25) is 0 Å². The van der Waals surface area contributed by atoms with Gasteiger partial charge in [0.25, 0.3) is 11.5 Å². The highest BCUT2D eigenvalue weighted by atomic mass is 32.2. The van der Waals surface area contributed by atoms with Gasteiger partial charge in [-0.15, -0.1) is 0 Å². The van der Waals surface area contributed by atoms with Crippen LogP contribution in [0.5, 0.6) is 0 Å². The number of hydrogen-bond donors (Lipinski definition) is 0. The van der Waals surface area contributed by atoms with Crippen LogP contribution in [0, 0.1) is 6.92 Å². The molecule has 0 radical (unpaired) electrons. The third-order valence-electron chi connectivity index (χ3n) is 5.81. The second kappa shape index (κ2) is 10.6. The third kappa shape index (κ3) is 5.05. The van der Waals surface area contributed by atoms with Gasteiger partial charge >= 0.3 is 0 Å². The summed E-state index contributed by atoms with van der Waals surface area (Å²) in [4.78, 5) is 35.8. The number of carbonyl (C=O) groups is 1. The van der Waals surface area contributed by atoms with Gasteiger partial charge in [0, 0.05) is 39.0 Å². The van der Waals surface area contributed by atoms with E-state index in [-0.39, 0.29) is 23.7 Å². The predicted octanol–water partition coefficient (Wildman–Crippen LogP) is 3.24. The lowest BCUT2D eigenvalue weighted by molar-refractivity contribution is -0.122. The second-order valence-corrected chi connectivity index (χ2v) is 10.3. The number of hydrogen-bond acceptors (Lipinski definition) is 8. The number of aromatic nitrogens is 2. The number of pyridine rings is 1. The first-order valence-electron chi connectivity index (χ1n) is 11.6. The molecule has 34 heavy (non-hydrogen) atoms. The summed E-state index contributed by atoms with van der Waals surface area (Å²) < 4.78 is 13.3. The van der Waals surface area contributed by atoms with E-state index in [1.807, 2.05) is 39.8 Å². The molecule has 0 unspecified atom stereocenters. The molecular formula is C24H30N4O4S2. The third-order valence-corrected chi connectivity index (χ3v) is 7.18. The molecular weight excluding hydrogens is 472 g/mol. The topological polar surface area (TPSA) is 76.4 Å². The minimum Gasteiger partial charge on any atom is -0.382 e. The summed E-state index contributed by atoms with van der Waals surface area (Å²) in [5.74, 6) is 0.387. The lowest BCUT2D eigenvalue weighted by atomic mass is 10.1. The smallest absolute Gasteiger partial charge is 0.267 e. The van der Waals surface area contributed by atoms with E-state index in [4.69, 9.17) is 26.7 Å². The maximum Gasteiger partial charge on any atom is 0.267 e. The molecule has 4 heterocycles. The van der Waals surface area contributed by atoms with Gasteiger partial charge in [0.1, 0.15) is 15.8 Å². The van der Waals surface area contributed by atoms with E-state index in [0.29, 0.717) is 65.5 Å². The summed E-state index contributed by atoms with van der Waals surface area (Å²) in [6.07, 6.45) is 4.06. The molecule has 0 aliphatic carbocycles. The number of morpholine rings is 1. The number of ether oxygens (including phenoxy) is 2. The molecule has 2 aromatic rings. The minimum atomic E-state index is -0.211. The first kappa shape index (κ1) is 24.8. The summed E-state index contributed by atoms with van der Waals surface area (Å²) in [6, 6.07) is 3.76. The van der Waals surface area contributed by atoms with Gasteiger partial charge in [-0.2, -0.15) is 0 Å². The van der Waals surface area contributed by atoms with Crippen LogP contribution >= 0.6 is 24.0 Å². The first-order chi connectivity index (χ1) is 16.3. The van der Waals surface area contributed by atoms with Crippen molar-refractivity contribution in [3.8, 4) is 0 Å². The summed E-state index contributed by atoms with van der Waals surface area (Å²) in [7, 11) is 0. The van der Waals surface area contributed by atoms with Crippen molar-refractivity contribution in [3.63, 3.8) is 0 Å². The van der Waals surface area contributed by atoms with Crippen molar-refractivity contribution in [1.29, 1.82) is 0 Å². The second-order valence-electron chi connectivity index (χ2n) is 8.59. The fourth-order valence-electron chi connectivity index (χ4n) is 4.31. The molecule has 0 spiro atoms. The molecule has 0 aromatic carbocycles. The molecule has 10 heteroatoms. The molecule has 2 saturated heterocycles. The zero-order chi connectivity index (χ0) is 24.4. The number of thioether (sulfide) groups is 1. The zero-order valence-corrected chi connectivity index (χ0v) is 21.6. The normalized spacial score (nSPS) is 22.4. The average Bonchev–Trinajstić information content (AvgIpc) is 3.05. The van der Waals surface area contributed by atoms with Crippen LogP contribution in [0.25, 0.3) is 11.7 Å². The van der Waals surface area contributed by atoms with Crippen molar-refractivity contribution < 1.29 is 14.3 Å². The van der Waals surface area contributed by atoms with Crippen molar-refractivity contribution in [2.24, 2.45) is 0 Å². The fraction of sp³-hybridized carbons (Fsp3) is 0.500. The number of aryl methyl sites for hydroxylation is 1. The lowest BCUT2D eigenvalue weighted by Gasteiger charge is -2.36. The Kier molecular flexibility index (Phi) is 7.71. The van der Waals surface area contributed by atoms with Gasteiger partial charge in [0.15, 0.2) is 0 Å². The highest BCUT2D eigenvalue weighted by Crippen LogP contribution is 2.34. The number of thiocarbonyl (C=S) groups is 1. The van der Waals surface area contributed by atoms with Crippen molar-refractivity contribution in [1.82, 2.24) is 14.3 Å².